The molecule has 0 saturated carbocycles. The van der Waals surface area contributed by atoms with Gasteiger partial charge in [-0.3, -0.25) is 0 Å². The topological polar surface area (TPSA) is 78.1 Å². The molecule has 0 unspecified atom stereocenters. The third kappa shape index (κ3) is 3.09. The molecule has 24 heavy (non-hydrogen) atoms. The Morgan fingerprint density at radius 2 is 1.88 bits per heavy atom. The predicted molar refractivity (Wildman–Crippen MR) is 83.5 cm³/mol. The fraction of sp³-hybridized carbons (Fsp3) is 0.0625. The van der Waals surface area contributed by atoms with Crippen LogP contribution in [0.5, 0.6) is 0 Å². The molecule has 0 aliphatic heterocycles. The minimum Gasteiger partial charge on any atom is -0.459 e. The zero-order valence-electron chi connectivity index (χ0n) is 12.2. The summed E-state index contributed by atoms with van der Waals surface area (Å²) in [5, 5.41) is 8.24. The maximum absolute atomic E-state index is 12.9. The average molecular weight is 343 g/mol. The lowest BCUT2D eigenvalue weighted by Gasteiger charge is -1.95. The van der Waals surface area contributed by atoms with Crippen molar-refractivity contribution in [1.82, 2.24) is 15.2 Å². The third-order valence-electron chi connectivity index (χ3n) is 3.14. The highest BCUT2D eigenvalue weighted by atomic mass is 32.2. The molecule has 1 aromatic carbocycles. The molecule has 0 atom stereocenters. The molecule has 0 N–H and O–H groups in total. The monoisotopic (exact) mass is 343 g/mol. The van der Waals surface area contributed by atoms with Gasteiger partial charge in [-0.2, -0.15) is 0 Å². The van der Waals surface area contributed by atoms with Crippen LogP contribution in [0.25, 0.3) is 23.0 Å². The van der Waals surface area contributed by atoms with Crippen LogP contribution in [0.4, 0.5) is 4.39 Å². The van der Waals surface area contributed by atoms with Gasteiger partial charge in [0.1, 0.15) is 5.82 Å². The summed E-state index contributed by atoms with van der Waals surface area (Å²) in [5.41, 5.74) is 0.762. The zero-order valence-corrected chi connectivity index (χ0v) is 13.0. The van der Waals surface area contributed by atoms with Crippen LogP contribution in [0.1, 0.15) is 5.89 Å². The molecule has 4 rings (SSSR count). The Kier molecular flexibility index (Phi) is 3.87. The van der Waals surface area contributed by atoms with E-state index in [0.717, 1.165) is 5.56 Å². The lowest BCUT2D eigenvalue weighted by Crippen LogP contribution is -1.79. The van der Waals surface area contributed by atoms with Gasteiger partial charge in [0.25, 0.3) is 11.1 Å². The average Bonchev–Trinajstić information content (AvgIpc) is 3.34. The number of nitrogens with zero attached hydrogens (tertiary/aromatic N) is 3. The predicted octanol–water partition coefficient (Wildman–Crippen LogP) is 4.42. The molecular weight excluding hydrogens is 333 g/mol. The highest BCUT2D eigenvalue weighted by Crippen LogP contribution is 2.27. The molecule has 0 fully saturated rings. The Bertz CT molecular complexity index is 932. The van der Waals surface area contributed by atoms with Gasteiger partial charge >= 0.3 is 0 Å². The van der Waals surface area contributed by atoms with Gasteiger partial charge < -0.3 is 13.3 Å². The fourth-order valence-electron chi connectivity index (χ4n) is 2.02. The molecule has 0 radical (unpaired) electrons. The molecule has 0 spiro atoms. The van der Waals surface area contributed by atoms with E-state index in [-0.39, 0.29) is 5.82 Å². The van der Waals surface area contributed by atoms with Gasteiger partial charge in [0.2, 0.25) is 5.89 Å². The second-order valence-corrected chi connectivity index (χ2v) is 5.69. The SMILES string of the molecule is Fc1ccc(-c2cnc(CSc3nnc(-c4ccco4)o3)o2)cc1. The van der Waals surface area contributed by atoms with Crippen LogP contribution >= 0.6 is 11.8 Å². The van der Waals surface area contributed by atoms with Crippen molar-refractivity contribution >= 4 is 11.8 Å². The van der Waals surface area contributed by atoms with Crippen molar-refractivity contribution in [3.05, 3.63) is 60.6 Å². The summed E-state index contributed by atoms with van der Waals surface area (Å²) in [4.78, 5) is 4.20. The summed E-state index contributed by atoms with van der Waals surface area (Å²) in [6.07, 6.45) is 3.14. The van der Waals surface area contributed by atoms with Gasteiger partial charge in [0, 0.05) is 5.56 Å². The number of benzene rings is 1. The highest BCUT2D eigenvalue weighted by Gasteiger charge is 2.13. The van der Waals surface area contributed by atoms with Crippen LogP contribution < -0.4 is 0 Å². The van der Waals surface area contributed by atoms with E-state index in [9.17, 15) is 4.39 Å². The number of thioether (sulfide) groups is 1. The van der Waals surface area contributed by atoms with Crippen molar-refractivity contribution in [3.8, 4) is 23.0 Å². The van der Waals surface area contributed by atoms with Gasteiger partial charge in [-0.1, -0.05) is 11.8 Å². The first-order valence-corrected chi connectivity index (χ1v) is 7.97. The summed E-state index contributed by atoms with van der Waals surface area (Å²) in [6.45, 7) is 0. The van der Waals surface area contributed by atoms with Gasteiger partial charge in [-0.05, 0) is 36.4 Å². The smallest absolute Gasteiger partial charge is 0.284 e. The maximum atomic E-state index is 12.9. The van der Waals surface area contributed by atoms with E-state index in [2.05, 4.69) is 15.2 Å². The molecule has 3 aromatic heterocycles. The largest absolute Gasteiger partial charge is 0.459 e. The Hall–Kier alpha value is -2.87. The van der Waals surface area contributed by atoms with E-state index < -0.39 is 0 Å². The lowest BCUT2D eigenvalue weighted by atomic mass is 10.2. The van der Waals surface area contributed by atoms with Crippen LogP contribution in [-0.2, 0) is 5.75 Å². The third-order valence-corrected chi connectivity index (χ3v) is 3.94. The van der Waals surface area contributed by atoms with Crippen molar-refractivity contribution in [3.63, 3.8) is 0 Å². The van der Waals surface area contributed by atoms with Gasteiger partial charge in [-0.15, -0.1) is 10.2 Å². The molecular formula is C16H10FN3O3S. The molecule has 6 nitrogen and oxygen atoms in total. The van der Waals surface area contributed by atoms with E-state index in [1.54, 1.807) is 30.5 Å². The molecule has 4 aromatic rings. The van der Waals surface area contributed by atoms with Crippen molar-refractivity contribution in [2.75, 3.05) is 0 Å². The second-order valence-electron chi connectivity index (χ2n) is 4.76. The van der Waals surface area contributed by atoms with E-state index >= 15 is 0 Å². The van der Waals surface area contributed by atoms with Crippen LogP contribution in [0.2, 0.25) is 0 Å². The van der Waals surface area contributed by atoms with Gasteiger partial charge in [0.15, 0.2) is 11.5 Å². The normalized spacial score (nSPS) is 11.0. The quantitative estimate of drug-likeness (QED) is 0.496. The van der Waals surface area contributed by atoms with E-state index in [1.807, 2.05) is 0 Å². The first-order chi connectivity index (χ1) is 11.8. The molecule has 0 saturated heterocycles. The number of furan rings is 1. The standard InChI is InChI=1S/C16H10FN3O3S/c17-11-5-3-10(4-6-11)13-8-18-14(22-13)9-24-16-20-19-15(23-16)12-2-1-7-21-12/h1-8H,9H2. The molecule has 0 aliphatic carbocycles. The molecule has 0 aliphatic rings. The molecule has 8 heteroatoms. The Morgan fingerprint density at radius 3 is 2.67 bits per heavy atom. The van der Waals surface area contributed by atoms with Gasteiger partial charge in [0.05, 0.1) is 18.2 Å². The zero-order chi connectivity index (χ0) is 16.4. The maximum Gasteiger partial charge on any atom is 0.284 e. The number of hydrogen-bond acceptors (Lipinski definition) is 7. The minimum absolute atomic E-state index is 0.294. The highest BCUT2D eigenvalue weighted by molar-refractivity contribution is 7.98. The van der Waals surface area contributed by atoms with Crippen LogP contribution in [0.15, 0.2) is 67.3 Å². The van der Waals surface area contributed by atoms with Gasteiger partial charge in [-0.25, -0.2) is 9.37 Å². The first kappa shape index (κ1) is 14.7. The molecule has 0 amide bonds. The second kappa shape index (κ2) is 6.32. The van der Waals surface area contributed by atoms with E-state index in [1.165, 1.54) is 30.2 Å². The van der Waals surface area contributed by atoms with Crippen molar-refractivity contribution in [2.45, 2.75) is 11.0 Å². The number of rotatable bonds is 5. The van der Waals surface area contributed by atoms with Crippen LogP contribution in [0.3, 0.4) is 0 Å². The molecule has 0 bridgehead atoms. The van der Waals surface area contributed by atoms with Crippen molar-refractivity contribution < 1.29 is 17.6 Å². The molecule has 3 heterocycles. The number of halogens is 1. The van der Waals surface area contributed by atoms with Crippen LogP contribution in [-0.4, -0.2) is 15.2 Å². The van der Waals surface area contributed by atoms with Crippen molar-refractivity contribution in [2.24, 2.45) is 0 Å². The molecule has 120 valence electrons. The first-order valence-electron chi connectivity index (χ1n) is 6.99. The summed E-state index contributed by atoms with van der Waals surface area (Å²) in [7, 11) is 0. The van der Waals surface area contributed by atoms with Crippen LogP contribution in [0, 0.1) is 5.82 Å². The fourth-order valence-corrected chi connectivity index (χ4v) is 2.63. The minimum atomic E-state index is -0.294. The Balaban J connectivity index is 1.42. The number of hydrogen-bond donors (Lipinski definition) is 0. The van der Waals surface area contributed by atoms with E-state index in [4.69, 9.17) is 13.3 Å². The van der Waals surface area contributed by atoms with E-state index in [0.29, 0.717) is 34.3 Å². The Labute approximate surface area is 139 Å². The summed E-state index contributed by atoms with van der Waals surface area (Å²) < 4.78 is 29.3. The lowest BCUT2D eigenvalue weighted by molar-refractivity contribution is 0.446. The summed E-state index contributed by atoms with van der Waals surface area (Å²) in [6, 6.07) is 9.52. The Morgan fingerprint density at radius 1 is 1.00 bits per heavy atom. The number of oxazole rings is 1. The summed E-state index contributed by atoms with van der Waals surface area (Å²) >= 11 is 1.30. The number of aromatic nitrogens is 3. The summed E-state index contributed by atoms with van der Waals surface area (Å²) in [5.74, 6) is 2.06. The van der Waals surface area contributed by atoms with Crippen molar-refractivity contribution in [1.29, 1.82) is 0 Å².